The van der Waals surface area contributed by atoms with Gasteiger partial charge in [0.05, 0.1) is 25.2 Å². The van der Waals surface area contributed by atoms with Crippen molar-refractivity contribution < 1.29 is 18.3 Å². The quantitative estimate of drug-likeness (QED) is 0.789. The molecule has 3 rings (SSSR count). The lowest BCUT2D eigenvalue weighted by Gasteiger charge is -2.34. The second-order valence-electron chi connectivity index (χ2n) is 6.00. The summed E-state index contributed by atoms with van der Waals surface area (Å²) in [4.78, 5) is 16.2. The zero-order valence-electron chi connectivity index (χ0n) is 12.8. The molecule has 23 heavy (non-hydrogen) atoms. The Balaban J connectivity index is 1.65. The molecule has 0 aliphatic heterocycles. The number of hydrogen-bond acceptors (Lipinski definition) is 3. The maximum Gasteiger partial charge on any atom is 0.356 e. The topological polar surface area (TPSA) is 44.1 Å². The third-order valence-electron chi connectivity index (χ3n) is 4.20. The summed E-state index contributed by atoms with van der Waals surface area (Å²) in [5, 5.41) is 0. The van der Waals surface area contributed by atoms with E-state index in [4.69, 9.17) is 4.74 Å². The molecule has 122 valence electrons. The Kier molecular flexibility index (Phi) is 4.15. The van der Waals surface area contributed by atoms with E-state index in [1.807, 2.05) is 37.3 Å². The van der Waals surface area contributed by atoms with E-state index in [0.717, 1.165) is 5.56 Å². The SMILES string of the molecule is C[C@H](c1ccccc1)n1cncc1C(=O)OCC1CC(F)(F)C1. The van der Waals surface area contributed by atoms with Gasteiger partial charge in [0.15, 0.2) is 0 Å². The van der Waals surface area contributed by atoms with Gasteiger partial charge in [-0.15, -0.1) is 0 Å². The largest absolute Gasteiger partial charge is 0.461 e. The van der Waals surface area contributed by atoms with Crippen LogP contribution in [0.1, 0.15) is 41.9 Å². The number of halogens is 2. The van der Waals surface area contributed by atoms with Crippen molar-refractivity contribution in [1.29, 1.82) is 0 Å². The number of nitrogens with zero attached hydrogens (tertiary/aromatic N) is 2. The molecule has 6 heteroatoms. The lowest BCUT2D eigenvalue weighted by Crippen LogP contribution is -2.38. The zero-order chi connectivity index (χ0) is 16.4. The van der Waals surface area contributed by atoms with E-state index in [1.165, 1.54) is 6.20 Å². The van der Waals surface area contributed by atoms with Gasteiger partial charge in [-0.1, -0.05) is 30.3 Å². The summed E-state index contributed by atoms with van der Waals surface area (Å²) < 4.78 is 32.5. The van der Waals surface area contributed by atoms with Gasteiger partial charge in [0.1, 0.15) is 5.69 Å². The van der Waals surface area contributed by atoms with Crippen LogP contribution in [0.25, 0.3) is 0 Å². The van der Waals surface area contributed by atoms with Crippen molar-refractivity contribution in [3.8, 4) is 0 Å². The maximum atomic E-state index is 12.8. The molecule has 0 saturated heterocycles. The number of alkyl halides is 2. The first-order valence-electron chi connectivity index (χ1n) is 7.58. The Morgan fingerprint density at radius 3 is 2.74 bits per heavy atom. The maximum absolute atomic E-state index is 12.8. The molecule has 0 unspecified atom stereocenters. The molecular weight excluding hydrogens is 302 g/mol. The molecule has 1 saturated carbocycles. The summed E-state index contributed by atoms with van der Waals surface area (Å²) in [6, 6.07) is 9.64. The first kappa shape index (κ1) is 15.6. The van der Waals surface area contributed by atoms with E-state index in [0.29, 0.717) is 5.69 Å². The summed E-state index contributed by atoms with van der Waals surface area (Å²) in [7, 11) is 0. The summed E-state index contributed by atoms with van der Waals surface area (Å²) in [6.45, 7) is 1.99. The van der Waals surface area contributed by atoms with Crippen LogP contribution >= 0.6 is 0 Å². The fraction of sp³-hybridized carbons (Fsp3) is 0.412. The average molecular weight is 320 g/mol. The predicted octanol–water partition coefficient (Wildman–Crippen LogP) is 3.69. The molecule has 0 spiro atoms. The highest BCUT2D eigenvalue weighted by atomic mass is 19.3. The molecule has 0 amide bonds. The highest BCUT2D eigenvalue weighted by Crippen LogP contribution is 2.42. The van der Waals surface area contributed by atoms with E-state index in [9.17, 15) is 13.6 Å². The smallest absolute Gasteiger partial charge is 0.356 e. The second kappa shape index (κ2) is 6.10. The lowest BCUT2D eigenvalue weighted by molar-refractivity contribution is -0.122. The number of hydrogen-bond donors (Lipinski definition) is 0. The molecule has 4 nitrogen and oxygen atoms in total. The summed E-state index contributed by atoms with van der Waals surface area (Å²) >= 11 is 0. The van der Waals surface area contributed by atoms with Gasteiger partial charge in [0.2, 0.25) is 5.92 Å². The molecule has 0 radical (unpaired) electrons. The van der Waals surface area contributed by atoms with Crippen LogP contribution in [0, 0.1) is 5.92 Å². The Hall–Kier alpha value is -2.24. The molecular formula is C17H18F2N2O2. The summed E-state index contributed by atoms with van der Waals surface area (Å²) in [6.07, 6.45) is 2.60. The number of benzene rings is 1. The Bertz CT molecular complexity index is 677. The molecule has 0 bridgehead atoms. The molecule has 0 N–H and O–H groups in total. The van der Waals surface area contributed by atoms with Gasteiger partial charge in [-0.2, -0.15) is 0 Å². The first-order chi connectivity index (χ1) is 11.0. The second-order valence-corrected chi connectivity index (χ2v) is 6.00. The van der Waals surface area contributed by atoms with Gasteiger partial charge in [0.25, 0.3) is 0 Å². The molecule has 1 heterocycles. The highest BCUT2D eigenvalue weighted by molar-refractivity contribution is 5.87. The molecule has 2 aromatic rings. The highest BCUT2D eigenvalue weighted by Gasteiger charge is 2.45. The minimum Gasteiger partial charge on any atom is -0.461 e. The van der Waals surface area contributed by atoms with E-state index < -0.39 is 11.9 Å². The van der Waals surface area contributed by atoms with Gasteiger partial charge in [-0.25, -0.2) is 18.6 Å². The molecule has 1 aromatic carbocycles. The molecule has 1 fully saturated rings. The number of aromatic nitrogens is 2. The van der Waals surface area contributed by atoms with Gasteiger partial charge in [-0.05, 0) is 12.5 Å². The standard InChI is InChI=1S/C17H18F2N2O2/c1-12(14-5-3-2-4-6-14)21-11-20-9-15(21)16(22)23-10-13-7-17(18,19)8-13/h2-6,9,11-13H,7-8,10H2,1H3/t12-/m1/s1. The van der Waals surface area contributed by atoms with Crippen molar-refractivity contribution in [1.82, 2.24) is 9.55 Å². The van der Waals surface area contributed by atoms with Crippen molar-refractivity contribution in [3.05, 3.63) is 54.1 Å². The lowest BCUT2D eigenvalue weighted by atomic mass is 9.82. The summed E-state index contributed by atoms with van der Waals surface area (Å²) in [5.41, 5.74) is 1.37. The van der Waals surface area contributed by atoms with Crippen molar-refractivity contribution in [2.75, 3.05) is 6.61 Å². The number of carbonyl (C=O) groups excluding carboxylic acids is 1. The normalized spacial score (nSPS) is 18.2. The molecule has 1 atom stereocenters. The van der Waals surface area contributed by atoms with Gasteiger partial charge in [0, 0.05) is 18.8 Å². The monoisotopic (exact) mass is 320 g/mol. The van der Waals surface area contributed by atoms with Crippen LogP contribution in [-0.4, -0.2) is 28.0 Å². The number of imidazole rings is 1. The van der Waals surface area contributed by atoms with Gasteiger partial charge < -0.3 is 9.30 Å². The number of rotatable bonds is 5. The number of esters is 1. The van der Waals surface area contributed by atoms with Crippen LogP contribution in [0.4, 0.5) is 8.78 Å². The van der Waals surface area contributed by atoms with Crippen LogP contribution in [0.3, 0.4) is 0 Å². The van der Waals surface area contributed by atoms with Crippen LogP contribution in [0.5, 0.6) is 0 Å². The van der Waals surface area contributed by atoms with Gasteiger partial charge in [-0.3, -0.25) is 0 Å². The van der Waals surface area contributed by atoms with E-state index in [2.05, 4.69) is 4.98 Å². The molecule has 1 aliphatic carbocycles. The van der Waals surface area contributed by atoms with Crippen LogP contribution in [0.15, 0.2) is 42.9 Å². The fourth-order valence-corrected chi connectivity index (χ4v) is 2.83. The van der Waals surface area contributed by atoms with E-state index in [1.54, 1.807) is 10.9 Å². The minimum absolute atomic E-state index is 0.0271. The molecule has 1 aromatic heterocycles. The van der Waals surface area contributed by atoms with Crippen LogP contribution in [-0.2, 0) is 4.74 Å². The number of ether oxygens (including phenoxy) is 1. The Morgan fingerprint density at radius 1 is 1.39 bits per heavy atom. The first-order valence-corrected chi connectivity index (χ1v) is 7.58. The third kappa shape index (κ3) is 3.41. The van der Waals surface area contributed by atoms with Gasteiger partial charge >= 0.3 is 5.97 Å². The van der Waals surface area contributed by atoms with E-state index >= 15 is 0 Å². The van der Waals surface area contributed by atoms with Crippen molar-refractivity contribution in [2.24, 2.45) is 5.92 Å². The Labute approximate surface area is 133 Å². The third-order valence-corrected chi connectivity index (χ3v) is 4.20. The van der Waals surface area contributed by atoms with Crippen LogP contribution in [0.2, 0.25) is 0 Å². The Morgan fingerprint density at radius 2 is 2.09 bits per heavy atom. The molecule has 1 aliphatic rings. The van der Waals surface area contributed by atoms with Crippen molar-refractivity contribution >= 4 is 5.97 Å². The minimum atomic E-state index is -2.60. The van der Waals surface area contributed by atoms with E-state index in [-0.39, 0.29) is 31.4 Å². The number of carbonyl (C=O) groups is 1. The fourth-order valence-electron chi connectivity index (χ4n) is 2.83. The average Bonchev–Trinajstić information content (AvgIpc) is 3.00. The zero-order valence-corrected chi connectivity index (χ0v) is 12.8. The van der Waals surface area contributed by atoms with Crippen molar-refractivity contribution in [2.45, 2.75) is 31.7 Å². The summed E-state index contributed by atoms with van der Waals surface area (Å²) in [5.74, 6) is -3.38. The predicted molar refractivity (Wildman–Crippen MR) is 80.4 cm³/mol. The van der Waals surface area contributed by atoms with Crippen LogP contribution < -0.4 is 0 Å². The van der Waals surface area contributed by atoms with Crippen molar-refractivity contribution in [3.63, 3.8) is 0 Å².